The van der Waals surface area contributed by atoms with Gasteiger partial charge in [0.25, 0.3) is 0 Å². The highest BCUT2D eigenvalue weighted by atomic mass is 79.9. The molecule has 1 rings (SSSR count). The van der Waals surface area contributed by atoms with Crippen LogP contribution in [0.1, 0.15) is 32.1 Å². The third-order valence-corrected chi connectivity index (χ3v) is 5.01. The Labute approximate surface area is 117 Å². The molecular formula is C13H22BrNOS. The van der Waals surface area contributed by atoms with Crippen LogP contribution in [0.5, 0.6) is 0 Å². The Hall–Kier alpha value is 0.1000. The van der Waals surface area contributed by atoms with Crippen molar-refractivity contribution in [3.8, 4) is 0 Å². The van der Waals surface area contributed by atoms with Crippen LogP contribution in [-0.2, 0) is 11.2 Å². The van der Waals surface area contributed by atoms with E-state index < -0.39 is 0 Å². The van der Waals surface area contributed by atoms with Crippen LogP contribution in [0.4, 0.5) is 0 Å². The molecule has 1 N–H and O–H groups in total. The number of nitrogens with one attached hydrogen (secondary N) is 1. The minimum atomic E-state index is -0.0973. The van der Waals surface area contributed by atoms with E-state index in [2.05, 4.69) is 53.5 Å². The zero-order valence-electron chi connectivity index (χ0n) is 11.0. The summed E-state index contributed by atoms with van der Waals surface area (Å²) in [4.78, 5) is 1.38. The first-order valence-electron chi connectivity index (χ1n) is 6.09. The Morgan fingerprint density at radius 2 is 2.24 bits per heavy atom. The van der Waals surface area contributed by atoms with Gasteiger partial charge in [0.1, 0.15) is 0 Å². The van der Waals surface area contributed by atoms with E-state index in [1.54, 1.807) is 11.3 Å². The number of rotatable bonds is 7. The Bertz CT molecular complexity index is 342. The molecule has 1 aromatic heterocycles. The number of thiophene rings is 1. The second-order valence-corrected chi connectivity index (χ2v) is 6.29. The maximum absolute atomic E-state index is 5.94. The monoisotopic (exact) mass is 319 g/mol. The summed E-state index contributed by atoms with van der Waals surface area (Å²) in [6.07, 6.45) is 2.02. The van der Waals surface area contributed by atoms with Gasteiger partial charge in [-0.1, -0.05) is 6.92 Å². The molecule has 1 heterocycles. The molecule has 4 heteroatoms. The molecule has 0 radical (unpaired) electrons. The average molecular weight is 320 g/mol. The van der Waals surface area contributed by atoms with Gasteiger partial charge in [-0.15, -0.1) is 11.3 Å². The average Bonchev–Trinajstić information content (AvgIpc) is 2.72. The lowest BCUT2D eigenvalue weighted by atomic mass is 9.90. The number of hydrogen-bond donors (Lipinski definition) is 1. The second kappa shape index (κ2) is 6.88. The van der Waals surface area contributed by atoms with Gasteiger partial charge in [-0.3, -0.25) is 0 Å². The van der Waals surface area contributed by atoms with Crippen LogP contribution in [0.15, 0.2) is 15.9 Å². The molecule has 0 aromatic carbocycles. The largest absolute Gasteiger partial charge is 0.374 e. The highest BCUT2D eigenvalue weighted by Gasteiger charge is 2.32. The summed E-state index contributed by atoms with van der Waals surface area (Å²) in [5.41, 5.74) is -0.0973. The molecule has 2 nitrogen and oxygen atoms in total. The standard InChI is InChI=1S/C13H22BrNOS/c1-5-13(3,16-6-2)12(15-4)8-11-7-10(14)9-17-11/h7,9,12,15H,5-6,8H2,1-4H3. The minimum absolute atomic E-state index is 0.0973. The van der Waals surface area contributed by atoms with E-state index in [0.717, 1.165) is 19.4 Å². The molecule has 0 saturated heterocycles. The van der Waals surface area contributed by atoms with E-state index in [9.17, 15) is 0 Å². The number of hydrogen-bond acceptors (Lipinski definition) is 3. The van der Waals surface area contributed by atoms with Crippen molar-refractivity contribution in [2.45, 2.75) is 45.3 Å². The molecule has 17 heavy (non-hydrogen) atoms. The van der Waals surface area contributed by atoms with Crippen molar-refractivity contribution in [3.63, 3.8) is 0 Å². The van der Waals surface area contributed by atoms with Crippen LogP contribution < -0.4 is 5.32 Å². The molecule has 98 valence electrons. The Balaban J connectivity index is 2.75. The van der Waals surface area contributed by atoms with Crippen LogP contribution in [0, 0.1) is 0 Å². The SMILES string of the molecule is CCOC(C)(CC)C(Cc1cc(Br)cs1)NC. The van der Waals surface area contributed by atoms with Gasteiger partial charge in [0, 0.05) is 27.4 Å². The fourth-order valence-electron chi connectivity index (χ4n) is 2.06. The first-order valence-corrected chi connectivity index (χ1v) is 7.77. The van der Waals surface area contributed by atoms with Gasteiger partial charge >= 0.3 is 0 Å². The molecule has 0 bridgehead atoms. The summed E-state index contributed by atoms with van der Waals surface area (Å²) >= 11 is 5.30. The molecule has 0 fully saturated rings. The molecule has 0 aliphatic rings. The summed E-state index contributed by atoms with van der Waals surface area (Å²) < 4.78 is 7.11. The maximum Gasteiger partial charge on any atom is 0.0807 e. The summed E-state index contributed by atoms with van der Waals surface area (Å²) in [5.74, 6) is 0. The van der Waals surface area contributed by atoms with Crippen molar-refractivity contribution < 1.29 is 4.74 Å². The molecule has 0 aliphatic carbocycles. The second-order valence-electron chi connectivity index (χ2n) is 4.38. The smallest absolute Gasteiger partial charge is 0.0807 e. The van der Waals surface area contributed by atoms with Crippen LogP contribution in [0.2, 0.25) is 0 Å². The fourth-order valence-corrected chi connectivity index (χ4v) is 3.56. The lowest BCUT2D eigenvalue weighted by molar-refractivity contribution is -0.0532. The summed E-state index contributed by atoms with van der Waals surface area (Å²) in [6, 6.07) is 2.54. The first-order chi connectivity index (χ1) is 8.05. The third kappa shape index (κ3) is 4.05. The van der Waals surface area contributed by atoms with Gasteiger partial charge in [-0.25, -0.2) is 0 Å². The zero-order chi connectivity index (χ0) is 12.9. The van der Waals surface area contributed by atoms with Crippen LogP contribution in [0.25, 0.3) is 0 Å². The van der Waals surface area contributed by atoms with Gasteiger partial charge < -0.3 is 10.1 Å². The Kier molecular flexibility index (Phi) is 6.13. The topological polar surface area (TPSA) is 21.3 Å². The third-order valence-electron chi connectivity index (χ3n) is 3.29. The normalized spacial score (nSPS) is 16.8. The molecule has 0 saturated carbocycles. The van der Waals surface area contributed by atoms with Gasteiger partial charge in [0.15, 0.2) is 0 Å². The van der Waals surface area contributed by atoms with Gasteiger partial charge in [0.05, 0.1) is 5.60 Å². The molecule has 1 aromatic rings. The highest BCUT2D eigenvalue weighted by Crippen LogP contribution is 2.27. The first kappa shape index (κ1) is 15.2. The molecule has 0 spiro atoms. The maximum atomic E-state index is 5.94. The van der Waals surface area contributed by atoms with E-state index in [1.165, 1.54) is 9.35 Å². The lowest BCUT2D eigenvalue weighted by Gasteiger charge is -2.36. The van der Waals surface area contributed by atoms with Crippen molar-refractivity contribution in [3.05, 3.63) is 20.8 Å². The van der Waals surface area contributed by atoms with Crippen molar-refractivity contribution in [1.82, 2.24) is 5.32 Å². The van der Waals surface area contributed by atoms with Crippen molar-refractivity contribution in [2.75, 3.05) is 13.7 Å². The molecular weight excluding hydrogens is 298 g/mol. The molecule has 2 unspecified atom stereocenters. The number of likely N-dealkylation sites (N-methyl/N-ethyl adjacent to an activating group) is 1. The predicted octanol–water partition coefficient (Wildman–Crippen LogP) is 3.85. The quantitative estimate of drug-likeness (QED) is 0.824. The zero-order valence-corrected chi connectivity index (χ0v) is 13.5. The van der Waals surface area contributed by atoms with E-state index in [-0.39, 0.29) is 5.60 Å². The Morgan fingerprint density at radius 1 is 1.53 bits per heavy atom. The number of halogens is 1. The molecule has 2 atom stereocenters. The van der Waals surface area contributed by atoms with E-state index in [4.69, 9.17) is 4.74 Å². The van der Waals surface area contributed by atoms with Crippen LogP contribution >= 0.6 is 27.3 Å². The Morgan fingerprint density at radius 3 is 2.65 bits per heavy atom. The fraction of sp³-hybridized carbons (Fsp3) is 0.692. The molecule has 0 amide bonds. The van der Waals surface area contributed by atoms with Gasteiger partial charge in [-0.2, -0.15) is 0 Å². The summed E-state index contributed by atoms with van der Waals surface area (Å²) in [5, 5.41) is 5.53. The van der Waals surface area contributed by atoms with Crippen LogP contribution in [-0.4, -0.2) is 25.3 Å². The summed E-state index contributed by atoms with van der Waals surface area (Å²) in [7, 11) is 2.01. The highest BCUT2D eigenvalue weighted by molar-refractivity contribution is 9.10. The predicted molar refractivity (Wildman–Crippen MR) is 78.9 cm³/mol. The molecule has 0 aliphatic heterocycles. The van der Waals surface area contributed by atoms with Gasteiger partial charge in [-0.05, 0) is 55.7 Å². The van der Waals surface area contributed by atoms with E-state index >= 15 is 0 Å². The van der Waals surface area contributed by atoms with Crippen LogP contribution in [0.3, 0.4) is 0 Å². The lowest BCUT2D eigenvalue weighted by Crippen LogP contribution is -2.50. The number of ether oxygens (including phenoxy) is 1. The summed E-state index contributed by atoms with van der Waals surface area (Å²) in [6.45, 7) is 7.20. The minimum Gasteiger partial charge on any atom is -0.374 e. The van der Waals surface area contributed by atoms with Crippen molar-refractivity contribution >= 4 is 27.3 Å². The van der Waals surface area contributed by atoms with Crippen molar-refractivity contribution in [2.24, 2.45) is 0 Å². The van der Waals surface area contributed by atoms with E-state index in [1.807, 2.05) is 7.05 Å². The van der Waals surface area contributed by atoms with Gasteiger partial charge in [0.2, 0.25) is 0 Å². The van der Waals surface area contributed by atoms with Crippen molar-refractivity contribution in [1.29, 1.82) is 0 Å². The van der Waals surface area contributed by atoms with E-state index in [0.29, 0.717) is 6.04 Å².